The van der Waals surface area contributed by atoms with E-state index in [2.05, 4.69) is 66.0 Å². The Bertz CT molecular complexity index is 788. The minimum absolute atomic E-state index is 1.19. The van der Waals surface area contributed by atoms with Crippen LogP contribution in [0.1, 0.15) is 24.0 Å². The summed E-state index contributed by atoms with van der Waals surface area (Å²) >= 11 is 3.59. The van der Waals surface area contributed by atoms with Gasteiger partial charge in [-0.1, -0.05) is 24.3 Å². The predicted molar refractivity (Wildman–Crippen MR) is 112 cm³/mol. The number of aromatic amines is 1. The zero-order valence-corrected chi connectivity index (χ0v) is 16.4. The molecule has 0 radical (unpaired) electrons. The van der Waals surface area contributed by atoms with E-state index in [1.165, 1.54) is 69.1 Å². The number of hydrogen-bond acceptors (Lipinski definition) is 2. The van der Waals surface area contributed by atoms with Gasteiger partial charge in [0.2, 0.25) is 0 Å². The van der Waals surface area contributed by atoms with E-state index in [-0.39, 0.29) is 0 Å². The number of benzene rings is 2. The standard InChI is InChI=1S/C22H23NS2/c1-24-17-11-7-15(8-12-17)21-19-5-3-4-6-20(19)22(23-21)16-9-13-18(25-2)14-10-16/h7-14,23H,3-6H2,1-2H3. The minimum Gasteiger partial charge on any atom is -0.354 e. The average molecular weight is 366 g/mol. The maximum atomic E-state index is 3.79. The topological polar surface area (TPSA) is 15.8 Å². The zero-order chi connectivity index (χ0) is 17.2. The molecule has 128 valence electrons. The van der Waals surface area contributed by atoms with E-state index in [9.17, 15) is 0 Å². The molecule has 0 amide bonds. The summed E-state index contributed by atoms with van der Waals surface area (Å²) in [6, 6.07) is 17.9. The van der Waals surface area contributed by atoms with Crippen molar-refractivity contribution in [3.8, 4) is 22.5 Å². The fourth-order valence-corrected chi connectivity index (χ4v) is 4.56. The lowest BCUT2D eigenvalue weighted by Crippen LogP contribution is -2.01. The quantitative estimate of drug-likeness (QED) is 0.519. The van der Waals surface area contributed by atoms with Crippen molar-refractivity contribution in [2.75, 3.05) is 12.5 Å². The number of fused-ring (bicyclic) bond motifs is 1. The molecular formula is C22H23NS2. The van der Waals surface area contributed by atoms with Crippen molar-refractivity contribution >= 4 is 23.5 Å². The maximum Gasteiger partial charge on any atom is 0.0494 e. The maximum absolute atomic E-state index is 3.79. The van der Waals surface area contributed by atoms with Crippen molar-refractivity contribution in [1.29, 1.82) is 0 Å². The second-order valence-corrected chi connectivity index (χ2v) is 8.26. The van der Waals surface area contributed by atoms with Crippen LogP contribution in [0.25, 0.3) is 22.5 Å². The van der Waals surface area contributed by atoms with Crippen molar-refractivity contribution < 1.29 is 0 Å². The van der Waals surface area contributed by atoms with Gasteiger partial charge in [-0.05, 0) is 84.7 Å². The lowest BCUT2D eigenvalue weighted by atomic mass is 9.89. The van der Waals surface area contributed by atoms with Crippen molar-refractivity contribution in [3.63, 3.8) is 0 Å². The summed E-state index contributed by atoms with van der Waals surface area (Å²) in [6.45, 7) is 0. The summed E-state index contributed by atoms with van der Waals surface area (Å²) in [5, 5.41) is 0. The van der Waals surface area contributed by atoms with E-state index in [4.69, 9.17) is 0 Å². The Labute approximate surface area is 158 Å². The Hall–Kier alpha value is -1.58. The Kier molecular flexibility index (Phi) is 4.96. The van der Waals surface area contributed by atoms with Crippen LogP contribution in [0.5, 0.6) is 0 Å². The van der Waals surface area contributed by atoms with Gasteiger partial charge in [-0.3, -0.25) is 0 Å². The average Bonchev–Trinajstić information content (AvgIpc) is 3.08. The lowest BCUT2D eigenvalue weighted by molar-refractivity contribution is 0.692. The Morgan fingerprint density at radius 3 is 1.40 bits per heavy atom. The molecule has 0 aliphatic heterocycles. The summed E-state index contributed by atoms with van der Waals surface area (Å²) in [5.41, 5.74) is 8.34. The van der Waals surface area contributed by atoms with Crippen molar-refractivity contribution in [2.24, 2.45) is 0 Å². The molecule has 1 aliphatic carbocycles. The first-order valence-corrected chi connectivity index (χ1v) is 11.3. The molecule has 0 atom stereocenters. The Morgan fingerprint density at radius 2 is 1.04 bits per heavy atom. The van der Waals surface area contributed by atoms with Gasteiger partial charge in [0.1, 0.15) is 0 Å². The Balaban J connectivity index is 1.81. The van der Waals surface area contributed by atoms with E-state index in [1.54, 1.807) is 23.5 Å². The van der Waals surface area contributed by atoms with E-state index in [1.807, 2.05) is 0 Å². The van der Waals surface area contributed by atoms with Crippen LogP contribution in [0.2, 0.25) is 0 Å². The van der Waals surface area contributed by atoms with Crippen LogP contribution < -0.4 is 0 Å². The number of thioether (sulfide) groups is 2. The van der Waals surface area contributed by atoms with Crippen LogP contribution in [0.15, 0.2) is 58.3 Å². The zero-order valence-electron chi connectivity index (χ0n) is 14.8. The highest BCUT2D eigenvalue weighted by atomic mass is 32.2. The highest BCUT2D eigenvalue weighted by Crippen LogP contribution is 2.38. The first-order chi connectivity index (χ1) is 12.3. The Morgan fingerprint density at radius 1 is 0.640 bits per heavy atom. The molecule has 1 aromatic heterocycles. The van der Waals surface area contributed by atoms with Crippen LogP contribution in [0, 0.1) is 0 Å². The van der Waals surface area contributed by atoms with Crippen molar-refractivity contribution in [3.05, 3.63) is 59.7 Å². The lowest BCUT2D eigenvalue weighted by Gasteiger charge is -2.14. The molecule has 2 aromatic carbocycles. The molecular weight excluding hydrogens is 342 g/mol. The molecule has 0 spiro atoms. The third kappa shape index (κ3) is 3.28. The fourth-order valence-electron chi connectivity index (χ4n) is 3.74. The third-order valence-corrected chi connectivity index (χ3v) is 6.57. The molecule has 0 saturated carbocycles. The number of H-pyrrole nitrogens is 1. The normalized spacial score (nSPS) is 13.7. The van der Waals surface area contributed by atoms with Crippen LogP contribution in [-0.4, -0.2) is 17.5 Å². The first kappa shape index (κ1) is 16.9. The second-order valence-electron chi connectivity index (χ2n) is 6.50. The van der Waals surface area contributed by atoms with Crippen LogP contribution >= 0.6 is 23.5 Å². The highest BCUT2D eigenvalue weighted by molar-refractivity contribution is 7.98. The summed E-state index contributed by atoms with van der Waals surface area (Å²) in [5.74, 6) is 0. The predicted octanol–water partition coefficient (Wildman–Crippen LogP) is 6.67. The van der Waals surface area contributed by atoms with Gasteiger partial charge in [0, 0.05) is 21.2 Å². The van der Waals surface area contributed by atoms with Gasteiger partial charge < -0.3 is 4.98 Å². The van der Waals surface area contributed by atoms with Gasteiger partial charge in [0.05, 0.1) is 0 Å². The van der Waals surface area contributed by atoms with Crippen LogP contribution in [0.4, 0.5) is 0 Å². The molecule has 1 N–H and O–H groups in total. The van der Waals surface area contributed by atoms with E-state index >= 15 is 0 Å². The van der Waals surface area contributed by atoms with Gasteiger partial charge in [-0.15, -0.1) is 23.5 Å². The van der Waals surface area contributed by atoms with E-state index in [0.717, 1.165) is 0 Å². The molecule has 3 heteroatoms. The first-order valence-electron chi connectivity index (χ1n) is 8.82. The molecule has 0 saturated heterocycles. The molecule has 25 heavy (non-hydrogen) atoms. The van der Waals surface area contributed by atoms with Gasteiger partial charge in [0.25, 0.3) is 0 Å². The summed E-state index contributed by atoms with van der Waals surface area (Å²) < 4.78 is 0. The van der Waals surface area contributed by atoms with Gasteiger partial charge in [0.15, 0.2) is 0 Å². The molecule has 0 bridgehead atoms. The molecule has 1 heterocycles. The molecule has 4 rings (SSSR count). The number of rotatable bonds is 4. The van der Waals surface area contributed by atoms with Gasteiger partial charge in [-0.25, -0.2) is 0 Å². The van der Waals surface area contributed by atoms with Crippen molar-refractivity contribution in [1.82, 2.24) is 4.98 Å². The molecule has 0 unspecified atom stereocenters. The number of hydrogen-bond donors (Lipinski definition) is 1. The SMILES string of the molecule is CSc1ccc(-c2[nH]c(-c3ccc(SC)cc3)c3c2CCCC3)cc1. The highest BCUT2D eigenvalue weighted by Gasteiger charge is 2.21. The summed E-state index contributed by atoms with van der Waals surface area (Å²) in [6.07, 6.45) is 9.23. The fraction of sp³-hybridized carbons (Fsp3) is 0.273. The van der Waals surface area contributed by atoms with Crippen LogP contribution in [0.3, 0.4) is 0 Å². The molecule has 1 aliphatic rings. The monoisotopic (exact) mass is 365 g/mol. The third-order valence-electron chi connectivity index (χ3n) is 5.08. The van der Waals surface area contributed by atoms with Gasteiger partial charge in [-0.2, -0.15) is 0 Å². The summed E-state index contributed by atoms with van der Waals surface area (Å²) in [4.78, 5) is 6.42. The number of aromatic nitrogens is 1. The molecule has 0 fully saturated rings. The largest absolute Gasteiger partial charge is 0.354 e. The summed E-state index contributed by atoms with van der Waals surface area (Å²) in [7, 11) is 0. The van der Waals surface area contributed by atoms with E-state index < -0.39 is 0 Å². The number of nitrogens with one attached hydrogen (secondary N) is 1. The smallest absolute Gasteiger partial charge is 0.0494 e. The van der Waals surface area contributed by atoms with Crippen LogP contribution in [-0.2, 0) is 12.8 Å². The molecule has 1 nitrogen and oxygen atoms in total. The minimum atomic E-state index is 1.19. The molecule has 3 aromatic rings. The van der Waals surface area contributed by atoms with E-state index in [0.29, 0.717) is 0 Å². The van der Waals surface area contributed by atoms with Gasteiger partial charge >= 0.3 is 0 Å². The van der Waals surface area contributed by atoms with Crippen molar-refractivity contribution in [2.45, 2.75) is 35.5 Å². The second kappa shape index (κ2) is 7.35.